The molecule has 0 amide bonds. The van der Waals surface area contributed by atoms with Gasteiger partial charge in [0.2, 0.25) is 5.88 Å². The second-order valence-corrected chi connectivity index (χ2v) is 6.49. The van der Waals surface area contributed by atoms with Crippen LogP contribution in [0.2, 0.25) is 0 Å². The van der Waals surface area contributed by atoms with E-state index in [9.17, 15) is 15.1 Å². The molecule has 126 valence electrons. The number of aromatic hydroxyl groups is 1. The minimum absolute atomic E-state index is 0.118. The molecular formula is C18H21N3O3. The summed E-state index contributed by atoms with van der Waals surface area (Å²) >= 11 is 0. The third-order valence-corrected chi connectivity index (χ3v) is 4.25. The quantitative estimate of drug-likeness (QED) is 0.642. The zero-order valence-electron chi connectivity index (χ0n) is 13.9. The Hall–Kier alpha value is -2.76. The van der Waals surface area contributed by atoms with E-state index < -0.39 is 5.56 Å². The fourth-order valence-corrected chi connectivity index (χ4v) is 3.00. The van der Waals surface area contributed by atoms with Gasteiger partial charge in [0.05, 0.1) is 0 Å². The first-order valence-corrected chi connectivity index (χ1v) is 8.00. The van der Waals surface area contributed by atoms with Gasteiger partial charge in [-0.05, 0) is 24.0 Å². The zero-order chi connectivity index (χ0) is 17.4. The lowest BCUT2D eigenvalue weighted by Gasteiger charge is -2.15. The van der Waals surface area contributed by atoms with Gasteiger partial charge in [-0.1, -0.05) is 39.0 Å². The Labute approximate surface area is 139 Å². The number of hydrogen-bond acceptors (Lipinski definition) is 4. The van der Waals surface area contributed by atoms with E-state index in [1.165, 1.54) is 0 Å². The van der Waals surface area contributed by atoms with Gasteiger partial charge in [0.15, 0.2) is 0 Å². The lowest BCUT2D eigenvalue weighted by atomic mass is 9.97. The molecule has 0 saturated heterocycles. The third kappa shape index (κ3) is 2.64. The molecule has 0 fully saturated rings. The molecule has 1 atom stereocenters. The first-order chi connectivity index (χ1) is 11.4. The van der Waals surface area contributed by atoms with Gasteiger partial charge in [-0.2, -0.15) is 0 Å². The molecule has 0 aliphatic rings. The summed E-state index contributed by atoms with van der Waals surface area (Å²) in [6.45, 7) is 5.71. The maximum absolute atomic E-state index is 12.5. The number of rotatable bonds is 4. The van der Waals surface area contributed by atoms with E-state index in [1.54, 1.807) is 0 Å². The number of benzene rings is 1. The van der Waals surface area contributed by atoms with E-state index >= 15 is 0 Å². The summed E-state index contributed by atoms with van der Waals surface area (Å²) in [6, 6.07) is 7.76. The second kappa shape index (κ2) is 6.03. The predicted molar refractivity (Wildman–Crippen MR) is 91.7 cm³/mol. The fourth-order valence-electron chi connectivity index (χ4n) is 3.00. The molecule has 24 heavy (non-hydrogen) atoms. The van der Waals surface area contributed by atoms with E-state index in [-0.39, 0.29) is 29.1 Å². The predicted octanol–water partition coefficient (Wildman–Crippen LogP) is 3.02. The summed E-state index contributed by atoms with van der Waals surface area (Å²) in [5.74, 6) is -0.495. The van der Waals surface area contributed by atoms with E-state index in [0.717, 1.165) is 16.5 Å². The monoisotopic (exact) mass is 327 g/mol. The molecule has 0 radical (unpaired) electrons. The van der Waals surface area contributed by atoms with Crippen LogP contribution in [-0.4, -0.2) is 25.0 Å². The molecule has 3 rings (SSSR count). The van der Waals surface area contributed by atoms with Crippen molar-refractivity contribution in [3.05, 3.63) is 57.8 Å². The third-order valence-electron chi connectivity index (χ3n) is 4.25. The van der Waals surface area contributed by atoms with Gasteiger partial charge in [0, 0.05) is 23.0 Å². The Morgan fingerprint density at radius 2 is 1.96 bits per heavy atom. The molecule has 2 aromatic heterocycles. The van der Waals surface area contributed by atoms with Crippen LogP contribution >= 0.6 is 0 Å². The average Bonchev–Trinajstić information content (AvgIpc) is 2.98. The van der Waals surface area contributed by atoms with Gasteiger partial charge < -0.3 is 15.3 Å². The highest BCUT2D eigenvalue weighted by Crippen LogP contribution is 2.29. The minimum atomic E-state index is -0.596. The lowest BCUT2D eigenvalue weighted by Crippen LogP contribution is -2.28. The lowest BCUT2D eigenvalue weighted by molar-refractivity contribution is 0.155. The van der Waals surface area contributed by atoms with Crippen LogP contribution in [0.3, 0.4) is 0 Å². The van der Waals surface area contributed by atoms with Crippen molar-refractivity contribution in [1.29, 1.82) is 0 Å². The van der Waals surface area contributed by atoms with Crippen molar-refractivity contribution in [2.75, 3.05) is 0 Å². The molecule has 6 heteroatoms. The van der Waals surface area contributed by atoms with Crippen molar-refractivity contribution in [1.82, 2.24) is 14.7 Å². The highest BCUT2D eigenvalue weighted by Gasteiger charge is 2.23. The molecule has 1 aromatic carbocycles. The van der Waals surface area contributed by atoms with Crippen molar-refractivity contribution in [2.24, 2.45) is 5.92 Å². The molecule has 0 saturated carbocycles. The molecule has 0 aliphatic carbocycles. The SMILES string of the molecule is CC(C)Cc1c(O)nc(C(C)c2c[nH]c3ccccc23)c(=O)n1O. The average molecular weight is 327 g/mol. The molecule has 3 aromatic rings. The molecule has 3 N–H and O–H groups in total. The summed E-state index contributed by atoms with van der Waals surface area (Å²) in [4.78, 5) is 19.8. The van der Waals surface area contributed by atoms with Crippen molar-refractivity contribution >= 4 is 10.9 Å². The van der Waals surface area contributed by atoms with Crippen LogP contribution in [0, 0.1) is 5.92 Å². The Morgan fingerprint density at radius 1 is 1.25 bits per heavy atom. The molecule has 0 aliphatic heterocycles. The Balaban J connectivity index is 2.11. The van der Waals surface area contributed by atoms with Crippen LogP contribution in [0.4, 0.5) is 0 Å². The molecular weight excluding hydrogens is 306 g/mol. The van der Waals surface area contributed by atoms with Crippen molar-refractivity contribution in [3.63, 3.8) is 0 Å². The van der Waals surface area contributed by atoms with Crippen LogP contribution in [0.1, 0.15) is 43.6 Å². The van der Waals surface area contributed by atoms with Gasteiger partial charge in [-0.25, -0.2) is 4.98 Å². The standard InChI is InChI=1S/C18H21N3O3/c1-10(2)8-15-17(22)20-16(18(23)21(15)24)11(3)13-9-19-14-7-5-4-6-12(13)14/h4-7,9-11,19,22,24H,8H2,1-3H3. The number of nitrogens with one attached hydrogen (secondary N) is 1. The van der Waals surface area contributed by atoms with Crippen molar-refractivity contribution in [3.8, 4) is 5.88 Å². The fraction of sp³-hybridized carbons (Fsp3) is 0.333. The number of aromatic nitrogens is 3. The van der Waals surface area contributed by atoms with Gasteiger partial charge in [0.1, 0.15) is 11.4 Å². The number of aromatic amines is 1. The summed E-state index contributed by atoms with van der Waals surface area (Å²) in [5, 5.41) is 21.3. The van der Waals surface area contributed by atoms with E-state index in [2.05, 4.69) is 9.97 Å². The number of nitrogens with zero attached hydrogens (tertiary/aromatic N) is 2. The molecule has 0 spiro atoms. The number of para-hydroxylation sites is 1. The maximum atomic E-state index is 12.5. The second-order valence-electron chi connectivity index (χ2n) is 6.49. The minimum Gasteiger partial charge on any atom is -0.492 e. The smallest absolute Gasteiger partial charge is 0.305 e. The molecule has 6 nitrogen and oxygen atoms in total. The van der Waals surface area contributed by atoms with Crippen LogP contribution in [0.5, 0.6) is 5.88 Å². The van der Waals surface area contributed by atoms with E-state index in [1.807, 2.05) is 51.2 Å². The zero-order valence-corrected chi connectivity index (χ0v) is 13.9. The van der Waals surface area contributed by atoms with Crippen LogP contribution in [0.15, 0.2) is 35.3 Å². The molecule has 0 bridgehead atoms. The van der Waals surface area contributed by atoms with E-state index in [4.69, 9.17) is 0 Å². The topological polar surface area (TPSA) is 91.1 Å². The summed E-state index contributed by atoms with van der Waals surface area (Å²) in [6.07, 6.45) is 2.20. The van der Waals surface area contributed by atoms with Crippen molar-refractivity contribution < 1.29 is 10.3 Å². The Morgan fingerprint density at radius 3 is 2.67 bits per heavy atom. The summed E-state index contributed by atoms with van der Waals surface area (Å²) < 4.78 is 0.531. The molecule has 2 heterocycles. The van der Waals surface area contributed by atoms with Crippen LogP contribution < -0.4 is 5.56 Å². The van der Waals surface area contributed by atoms with Crippen LogP contribution in [0.25, 0.3) is 10.9 Å². The molecule has 1 unspecified atom stereocenters. The van der Waals surface area contributed by atoms with Gasteiger partial charge >= 0.3 is 5.56 Å². The maximum Gasteiger partial charge on any atom is 0.305 e. The number of fused-ring (bicyclic) bond motifs is 1. The van der Waals surface area contributed by atoms with Gasteiger partial charge in [0.25, 0.3) is 0 Å². The first-order valence-electron chi connectivity index (χ1n) is 8.00. The number of H-pyrrole nitrogens is 1. The van der Waals surface area contributed by atoms with Crippen LogP contribution in [-0.2, 0) is 6.42 Å². The van der Waals surface area contributed by atoms with Gasteiger partial charge in [-0.3, -0.25) is 4.79 Å². The van der Waals surface area contributed by atoms with Crippen molar-refractivity contribution in [2.45, 2.75) is 33.1 Å². The largest absolute Gasteiger partial charge is 0.492 e. The Kier molecular flexibility index (Phi) is 4.05. The first kappa shape index (κ1) is 16.1. The highest BCUT2D eigenvalue weighted by atomic mass is 16.5. The summed E-state index contributed by atoms with van der Waals surface area (Å²) in [5.41, 5.74) is 1.52. The Bertz CT molecular complexity index is 940. The highest BCUT2D eigenvalue weighted by molar-refractivity contribution is 5.83. The van der Waals surface area contributed by atoms with Gasteiger partial charge in [-0.15, -0.1) is 4.73 Å². The van der Waals surface area contributed by atoms with E-state index in [0.29, 0.717) is 11.2 Å². The normalized spacial score (nSPS) is 12.8. The number of hydrogen-bond donors (Lipinski definition) is 3. The summed E-state index contributed by atoms with van der Waals surface area (Å²) in [7, 11) is 0.